The lowest BCUT2D eigenvalue weighted by molar-refractivity contribution is 0.812. The average Bonchev–Trinajstić information content (AvgIpc) is 2.78. The molecule has 0 unspecified atom stereocenters. The van der Waals surface area contributed by atoms with Crippen molar-refractivity contribution in [3.05, 3.63) is 40.9 Å². The molecule has 18 heavy (non-hydrogen) atoms. The van der Waals surface area contributed by atoms with E-state index in [1.54, 1.807) is 30.1 Å². The summed E-state index contributed by atoms with van der Waals surface area (Å²) in [6, 6.07) is 2.15. The molecular formula is C14H21N3S. The maximum Gasteiger partial charge on any atom is 0.0612 e. The summed E-state index contributed by atoms with van der Waals surface area (Å²) in [4.78, 5) is 9.44. The Morgan fingerprint density at radius 2 is 1.78 bits per heavy atom. The van der Waals surface area contributed by atoms with Gasteiger partial charge in [0.1, 0.15) is 0 Å². The summed E-state index contributed by atoms with van der Waals surface area (Å²) in [7, 11) is 0. The van der Waals surface area contributed by atoms with Gasteiger partial charge in [0.15, 0.2) is 0 Å². The normalized spacial score (nSPS) is 10.4. The smallest absolute Gasteiger partial charge is 0.0612 e. The standard InChI is InChI=1S/C7H10N2.C7H11NS/c1-6(2)7-5-8-3-4-9-7;1-5(2)7-4-6(3)8-9-7/h3-6H,1-2H3;4-5H,1-3H3. The minimum atomic E-state index is 0.485. The molecule has 0 spiro atoms. The second-order valence-corrected chi connectivity index (χ2v) is 5.65. The molecule has 0 aliphatic heterocycles. The Balaban J connectivity index is 0.000000180. The molecule has 2 aromatic heterocycles. The van der Waals surface area contributed by atoms with E-state index in [0.29, 0.717) is 11.8 Å². The van der Waals surface area contributed by atoms with Crippen LogP contribution in [-0.4, -0.2) is 14.3 Å². The van der Waals surface area contributed by atoms with Crippen molar-refractivity contribution in [3.8, 4) is 0 Å². The van der Waals surface area contributed by atoms with Crippen LogP contribution in [0, 0.1) is 6.92 Å². The van der Waals surface area contributed by atoms with Gasteiger partial charge in [-0.1, -0.05) is 27.7 Å². The van der Waals surface area contributed by atoms with Crippen LogP contribution in [0.3, 0.4) is 0 Å². The first-order chi connectivity index (χ1) is 8.50. The number of hydrogen-bond acceptors (Lipinski definition) is 4. The highest BCUT2D eigenvalue weighted by Gasteiger charge is 2.00. The van der Waals surface area contributed by atoms with E-state index in [1.807, 2.05) is 6.92 Å². The first-order valence-electron chi connectivity index (χ1n) is 6.19. The first-order valence-corrected chi connectivity index (χ1v) is 6.97. The molecule has 0 fully saturated rings. The van der Waals surface area contributed by atoms with E-state index in [2.05, 4.69) is 48.1 Å². The van der Waals surface area contributed by atoms with E-state index in [-0.39, 0.29) is 0 Å². The maximum atomic E-state index is 4.18. The van der Waals surface area contributed by atoms with Gasteiger partial charge in [0.25, 0.3) is 0 Å². The molecule has 0 aliphatic carbocycles. The van der Waals surface area contributed by atoms with Gasteiger partial charge in [0, 0.05) is 23.5 Å². The van der Waals surface area contributed by atoms with Crippen LogP contribution in [0.5, 0.6) is 0 Å². The van der Waals surface area contributed by atoms with Gasteiger partial charge in [-0.25, -0.2) is 0 Å². The Kier molecular flexibility index (Phi) is 5.92. The highest BCUT2D eigenvalue weighted by atomic mass is 32.1. The largest absolute Gasteiger partial charge is 0.261 e. The van der Waals surface area contributed by atoms with E-state index in [1.165, 1.54) is 4.88 Å². The van der Waals surface area contributed by atoms with Crippen LogP contribution in [0.15, 0.2) is 24.7 Å². The van der Waals surface area contributed by atoms with Crippen LogP contribution >= 0.6 is 11.5 Å². The van der Waals surface area contributed by atoms with Crippen LogP contribution < -0.4 is 0 Å². The second kappa shape index (κ2) is 7.21. The lowest BCUT2D eigenvalue weighted by atomic mass is 10.1. The monoisotopic (exact) mass is 263 g/mol. The minimum Gasteiger partial charge on any atom is -0.261 e. The number of aryl methyl sites for hydroxylation is 1. The van der Waals surface area contributed by atoms with Gasteiger partial charge in [0.2, 0.25) is 0 Å². The molecule has 2 rings (SSSR count). The lowest BCUT2D eigenvalue weighted by Gasteiger charge is -1.99. The predicted octanol–water partition coefficient (Wildman–Crippen LogP) is 4.17. The van der Waals surface area contributed by atoms with Crippen LogP contribution in [0.2, 0.25) is 0 Å². The molecule has 2 aromatic rings. The zero-order valence-electron chi connectivity index (χ0n) is 11.7. The molecule has 0 N–H and O–H groups in total. The lowest BCUT2D eigenvalue weighted by Crippen LogP contribution is -1.91. The van der Waals surface area contributed by atoms with Crippen LogP contribution in [0.25, 0.3) is 0 Å². The van der Waals surface area contributed by atoms with Gasteiger partial charge >= 0.3 is 0 Å². The highest BCUT2D eigenvalue weighted by molar-refractivity contribution is 7.05. The van der Waals surface area contributed by atoms with E-state index < -0.39 is 0 Å². The van der Waals surface area contributed by atoms with Crippen molar-refractivity contribution in [2.75, 3.05) is 0 Å². The van der Waals surface area contributed by atoms with E-state index in [9.17, 15) is 0 Å². The van der Waals surface area contributed by atoms with E-state index in [4.69, 9.17) is 0 Å². The van der Waals surface area contributed by atoms with Crippen molar-refractivity contribution in [1.82, 2.24) is 14.3 Å². The van der Waals surface area contributed by atoms with Crippen molar-refractivity contribution < 1.29 is 0 Å². The Bertz CT molecular complexity index is 449. The average molecular weight is 263 g/mol. The molecule has 0 radical (unpaired) electrons. The molecule has 0 aromatic carbocycles. The summed E-state index contributed by atoms with van der Waals surface area (Å²) in [5.41, 5.74) is 2.20. The summed E-state index contributed by atoms with van der Waals surface area (Å²) in [6.07, 6.45) is 5.20. The van der Waals surface area contributed by atoms with Crippen LogP contribution in [0.1, 0.15) is 55.8 Å². The van der Waals surface area contributed by atoms with Gasteiger partial charge in [-0.15, -0.1) is 0 Å². The SMILES string of the molecule is CC(C)c1cnccn1.Cc1cc(C(C)C)sn1. The fraction of sp³-hybridized carbons (Fsp3) is 0.500. The van der Waals surface area contributed by atoms with Crippen molar-refractivity contribution in [2.45, 2.75) is 46.5 Å². The molecule has 98 valence electrons. The molecule has 0 atom stereocenters. The zero-order chi connectivity index (χ0) is 13.5. The Labute approximate surface area is 113 Å². The third kappa shape index (κ3) is 4.92. The molecule has 0 bridgehead atoms. The Morgan fingerprint density at radius 1 is 1.06 bits per heavy atom. The summed E-state index contributed by atoms with van der Waals surface area (Å²) < 4.78 is 4.18. The fourth-order valence-electron chi connectivity index (χ4n) is 1.26. The molecule has 2 heterocycles. The van der Waals surface area contributed by atoms with Gasteiger partial charge in [-0.3, -0.25) is 9.97 Å². The number of hydrogen-bond donors (Lipinski definition) is 0. The molecule has 3 nitrogen and oxygen atoms in total. The Hall–Kier alpha value is -1.29. The third-order valence-corrected chi connectivity index (χ3v) is 3.57. The molecule has 0 aliphatic rings. The molecule has 4 heteroatoms. The zero-order valence-corrected chi connectivity index (χ0v) is 12.5. The van der Waals surface area contributed by atoms with Crippen molar-refractivity contribution in [3.63, 3.8) is 0 Å². The van der Waals surface area contributed by atoms with Gasteiger partial charge < -0.3 is 0 Å². The second-order valence-electron chi connectivity index (χ2n) is 4.81. The summed E-state index contributed by atoms with van der Waals surface area (Å²) in [6.45, 7) is 10.6. The van der Waals surface area contributed by atoms with Crippen molar-refractivity contribution in [1.29, 1.82) is 0 Å². The van der Waals surface area contributed by atoms with Gasteiger partial charge in [-0.05, 0) is 36.4 Å². The molecule has 0 saturated heterocycles. The molecule has 0 amide bonds. The van der Waals surface area contributed by atoms with E-state index in [0.717, 1.165) is 11.4 Å². The van der Waals surface area contributed by atoms with E-state index >= 15 is 0 Å². The Morgan fingerprint density at radius 3 is 2.06 bits per heavy atom. The quantitative estimate of drug-likeness (QED) is 0.816. The third-order valence-electron chi connectivity index (χ3n) is 2.39. The maximum absolute atomic E-state index is 4.18. The van der Waals surface area contributed by atoms with Crippen LogP contribution in [-0.2, 0) is 0 Å². The number of aromatic nitrogens is 3. The summed E-state index contributed by atoms with van der Waals surface area (Å²) in [5, 5.41) is 0. The number of rotatable bonds is 2. The highest BCUT2D eigenvalue weighted by Crippen LogP contribution is 2.19. The van der Waals surface area contributed by atoms with Crippen molar-refractivity contribution >= 4 is 11.5 Å². The van der Waals surface area contributed by atoms with Gasteiger partial charge in [0.05, 0.1) is 11.4 Å². The summed E-state index contributed by atoms with van der Waals surface area (Å²) in [5.74, 6) is 1.12. The van der Waals surface area contributed by atoms with Crippen LogP contribution in [0.4, 0.5) is 0 Å². The topological polar surface area (TPSA) is 38.7 Å². The number of nitrogens with zero attached hydrogens (tertiary/aromatic N) is 3. The first kappa shape index (κ1) is 14.8. The molecule has 0 saturated carbocycles. The van der Waals surface area contributed by atoms with Gasteiger partial charge in [-0.2, -0.15) is 4.37 Å². The minimum absolute atomic E-state index is 0.485. The summed E-state index contributed by atoms with van der Waals surface area (Å²) >= 11 is 1.61. The molecular weight excluding hydrogens is 242 g/mol. The predicted molar refractivity (Wildman–Crippen MR) is 77.1 cm³/mol. The van der Waals surface area contributed by atoms with Crippen molar-refractivity contribution in [2.24, 2.45) is 0 Å². The fourth-order valence-corrected chi connectivity index (χ4v) is 2.00.